The molecule has 2 N–H and O–H groups in total. The molecule has 28 heavy (non-hydrogen) atoms. The summed E-state index contributed by atoms with van der Waals surface area (Å²) in [5.74, 6) is -1.63. The first-order chi connectivity index (χ1) is 13.5. The predicted molar refractivity (Wildman–Crippen MR) is 109 cm³/mol. The van der Waals surface area contributed by atoms with Gasteiger partial charge in [0.05, 0.1) is 12.3 Å². The first-order valence-electron chi connectivity index (χ1n) is 10.9. The van der Waals surface area contributed by atoms with Crippen molar-refractivity contribution in [3.05, 3.63) is 24.0 Å². The third-order valence-electron chi connectivity index (χ3n) is 5.46. The van der Waals surface area contributed by atoms with Gasteiger partial charge in [-0.05, 0) is 38.3 Å². The lowest BCUT2D eigenvalue weighted by atomic mass is 9.87. The van der Waals surface area contributed by atoms with Gasteiger partial charge >= 0.3 is 0 Å². The fraction of sp³-hybridized carbons (Fsp3) is 0.818. The van der Waals surface area contributed by atoms with Crippen LogP contribution in [0.2, 0.25) is 0 Å². The highest BCUT2D eigenvalue weighted by Gasteiger charge is 2.66. The van der Waals surface area contributed by atoms with Crippen molar-refractivity contribution in [2.24, 2.45) is 0 Å². The lowest BCUT2D eigenvalue weighted by Crippen LogP contribution is -2.55. The summed E-state index contributed by atoms with van der Waals surface area (Å²) in [5, 5.41) is 11.7. The number of aromatic nitrogens is 1. The van der Waals surface area contributed by atoms with Gasteiger partial charge in [-0.2, -0.15) is 0 Å². The molecule has 2 heterocycles. The molecule has 162 valence electrons. The summed E-state index contributed by atoms with van der Waals surface area (Å²) in [4.78, 5) is 3.10. The van der Waals surface area contributed by atoms with E-state index >= 15 is 0 Å². The van der Waals surface area contributed by atoms with E-state index in [1.54, 1.807) is 6.20 Å². The second-order valence-electron chi connectivity index (χ2n) is 7.77. The molecule has 1 saturated heterocycles. The Morgan fingerprint density at radius 2 is 1.75 bits per heavy atom. The second-order valence-corrected chi connectivity index (χ2v) is 7.77. The topological polar surface area (TPSA) is 72.9 Å². The van der Waals surface area contributed by atoms with Gasteiger partial charge in [-0.1, -0.05) is 40.0 Å². The normalized spacial score (nSPS) is 30.2. The number of hydrogen-bond donors (Lipinski definition) is 2. The van der Waals surface area contributed by atoms with Crippen LogP contribution in [-0.2, 0) is 24.7 Å². The largest absolute Gasteiger partial charge is 0.379 e. The van der Waals surface area contributed by atoms with Gasteiger partial charge in [-0.3, -0.25) is 0 Å². The third kappa shape index (κ3) is 5.16. The molecule has 1 aliphatic rings. The molecule has 0 aromatic carbocycles. The standard InChI is InChI=1S/C22H39NO5/c1-5-8-14-25-17-18-20(26-15-9-6-2)21(4,27-16-10-7-3)22(24,28-18)19-12-11-13-23-19/h11-13,18,20,23-24H,5-10,14-17H2,1-4H3/t18-,20-,21-,22?/m1/s1. The zero-order valence-corrected chi connectivity index (χ0v) is 18.0. The summed E-state index contributed by atoms with van der Waals surface area (Å²) in [6.45, 7) is 10.5. The van der Waals surface area contributed by atoms with Crippen molar-refractivity contribution in [2.45, 2.75) is 89.8 Å². The minimum Gasteiger partial charge on any atom is -0.379 e. The number of hydrogen-bond acceptors (Lipinski definition) is 5. The minimum absolute atomic E-state index is 0.368. The van der Waals surface area contributed by atoms with E-state index in [1.165, 1.54) is 0 Å². The Hall–Kier alpha value is -0.920. The van der Waals surface area contributed by atoms with Gasteiger partial charge in [0.25, 0.3) is 0 Å². The number of ether oxygens (including phenoxy) is 4. The molecule has 4 atom stereocenters. The highest BCUT2D eigenvalue weighted by Crippen LogP contribution is 2.48. The Labute approximate surface area is 169 Å². The molecule has 1 fully saturated rings. The van der Waals surface area contributed by atoms with E-state index < -0.39 is 23.6 Å². The van der Waals surface area contributed by atoms with E-state index in [9.17, 15) is 5.11 Å². The van der Waals surface area contributed by atoms with E-state index in [0.29, 0.717) is 32.1 Å². The molecule has 2 rings (SSSR count). The van der Waals surface area contributed by atoms with Crippen LogP contribution in [0.5, 0.6) is 0 Å². The van der Waals surface area contributed by atoms with Crippen molar-refractivity contribution >= 4 is 0 Å². The van der Waals surface area contributed by atoms with Crippen molar-refractivity contribution in [1.29, 1.82) is 0 Å². The Morgan fingerprint density at radius 3 is 2.39 bits per heavy atom. The van der Waals surface area contributed by atoms with Crippen molar-refractivity contribution in [3.8, 4) is 0 Å². The van der Waals surface area contributed by atoms with Crippen molar-refractivity contribution in [2.75, 3.05) is 26.4 Å². The van der Waals surface area contributed by atoms with Crippen LogP contribution in [-0.4, -0.2) is 54.3 Å². The lowest BCUT2D eigenvalue weighted by molar-refractivity contribution is -0.290. The summed E-state index contributed by atoms with van der Waals surface area (Å²) < 4.78 is 24.6. The number of H-pyrrole nitrogens is 1. The van der Waals surface area contributed by atoms with Crippen LogP contribution in [0.3, 0.4) is 0 Å². The molecular weight excluding hydrogens is 358 g/mol. The van der Waals surface area contributed by atoms with Gasteiger partial charge in [0.15, 0.2) is 5.60 Å². The van der Waals surface area contributed by atoms with Crippen molar-refractivity contribution < 1.29 is 24.1 Å². The molecule has 0 radical (unpaired) electrons. The molecule has 6 nitrogen and oxygen atoms in total. The smallest absolute Gasteiger partial charge is 0.240 e. The maximum Gasteiger partial charge on any atom is 0.240 e. The summed E-state index contributed by atoms with van der Waals surface area (Å²) in [7, 11) is 0. The van der Waals surface area contributed by atoms with Crippen molar-refractivity contribution in [1.82, 2.24) is 4.98 Å². The van der Waals surface area contributed by atoms with Gasteiger partial charge in [0.2, 0.25) is 5.79 Å². The SMILES string of the molecule is CCCCOC[C@H]1OC(O)(c2ccc[nH]2)[C@](C)(OCCCC)[C@@H]1OCCCC. The Bertz CT molecular complexity index is 537. The first kappa shape index (κ1) is 23.4. The summed E-state index contributed by atoms with van der Waals surface area (Å²) in [6.07, 6.45) is 6.94. The summed E-state index contributed by atoms with van der Waals surface area (Å²) in [5.41, 5.74) is -0.467. The second kappa shape index (κ2) is 11.3. The number of nitrogens with one attached hydrogen (secondary N) is 1. The van der Waals surface area contributed by atoms with Crippen LogP contribution in [0, 0.1) is 0 Å². The van der Waals surface area contributed by atoms with Crippen LogP contribution in [0.1, 0.15) is 71.9 Å². The molecule has 0 spiro atoms. The average Bonchev–Trinajstić information content (AvgIpc) is 3.29. The highest BCUT2D eigenvalue weighted by atomic mass is 16.7. The number of rotatable bonds is 14. The van der Waals surface area contributed by atoms with E-state index in [-0.39, 0.29) is 0 Å². The van der Waals surface area contributed by atoms with Gasteiger partial charge in [0, 0.05) is 26.0 Å². The van der Waals surface area contributed by atoms with Crippen molar-refractivity contribution in [3.63, 3.8) is 0 Å². The molecule has 1 aromatic heterocycles. The van der Waals surface area contributed by atoms with Gasteiger partial charge in [0.1, 0.15) is 12.2 Å². The Morgan fingerprint density at radius 1 is 1.07 bits per heavy atom. The van der Waals surface area contributed by atoms with E-state index in [2.05, 4.69) is 25.8 Å². The van der Waals surface area contributed by atoms with E-state index in [4.69, 9.17) is 18.9 Å². The van der Waals surface area contributed by atoms with Gasteiger partial charge in [-0.25, -0.2) is 0 Å². The zero-order chi connectivity index (χ0) is 20.5. The minimum atomic E-state index is -1.63. The highest BCUT2D eigenvalue weighted by molar-refractivity contribution is 5.21. The van der Waals surface area contributed by atoms with Gasteiger partial charge in [-0.15, -0.1) is 0 Å². The molecule has 6 heteroatoms. The summed E-state index contributed by atoms with van der Waals surface area (Å²) >= 11 is 0. The molecule has 1 unspecified atom stereocenters. The Balaban J connectivity index is 2.26. The zero-order valence-electron chi connectivity index (χ0n) is 18.0. The quantitative estimate of drug-likeness (QED) is 0.462. The molecule has 0 bridgehead atoms. The maximum atomic E-state index is 11.7. The fourth-order valence-corrected chi connectivity index (χ4v) is 3.61. The molecular formula is C22H39NO5. The molecule has 0 saturated carbocycles. The van der Waals surface area contributed by atoms with Crippen LogP contribution in [0.25, 0.3) is 0 Å². The predicted octanol–water partition coefficient (Wildman–Crippen LogP) is 4.14. The average molecular weight is 398 g/mol. The third-order valence-corrected chi connectivity index (χ3v) is 5.46. The fourth-order valence-electron chi connectivity index (χ4n) is 3.61. The van der Waals surface area contributed by atoms with Gasteiger partial charge < -0.3 is 29.0 Å². The number of aromatic amines is 1. The van der Waals surface area contributed by atoms with Crippen LogP contribution in [0.4, 0.5) is 0 Å². The van der Waals surface area contributed by atoms with Crippen LogP contribution in [0.15, 0.2) is 18.3 Å². The van der Waals surface area contributed by atoms with E-state index in [0.717, 1.165) is 38.5 Å². The van der Waals surface area contributed by atoms with Crippen LogP contribution < -0.4 is 0 Å². The first-order valence-corrected chi connectivity index (χ1v) is 10.9. The monoisotopic (exact) mass is 397 g/mol. The Kier molecular flexibility index (Phi) is 9.44. The maximum absolute atomic E-state index is 11.7. The van der Waals surface area contributed by atoms with E-state index in [1.807, 2.05) is 19.1 Å². The lowest BCUT2D eigenvalue weighted by Gasteiger charge is -2.39. The molecule has 1 aliphatic heterocycles. The number of aliphatic hydroxyl groups is 1. The molecule has 0 aliphatic carbocycles. The van der Waals surface area contributed by atoms with Crippen LogP contribution >= 0.6 is 0 Å². The molecule has 1 aromatic rings. The summed E-state index contributed by atoms with van der Waals surface area (Å²) in [6, 6.07) is 3.67. The number of unbranched alkanes of at least 4 members (excludes halogenated alkanes) is 3. The molecule has 0 amide bonds.